The van der Waals surface area contributed by atoms with E-state index in [2.05, 4.69) is 35.8 Å². The number of carbonyl (C=O) groups is 2. The highest BCUT2D eigenvalue weighted by atomic mass is 16.5. The Hall–Kier alpha value is -2.90. The lowest BCUT2D eigenvalue weighted by molar-refractivity contribution is -0.149. The van der Waals surface area contributed by atoms with Crippen LogP contribution in [-0.2, 0) is 9.53 Å². The number of ether oxygens (including phenoxy) is 1. The molecule has 1 amide bonds. The predicted molar refractivity (Wildman–Crippen MR) is 152 cm³/mol. The molecule has 2 aliphatic heterocycles. The van der Waals surface area contributed by atoms with Gasteiger partial charge in [0.2, 0.25) is 0 Å². The predicted octanol–water partition coefficient (Wildman–Crippen LogP) is 4.70. The second kappa shape index (κ2) is 12.1. The van der Waals surface area contributed by atoms with Crippen molar-refractivity contribution in [2.45, 2.75) is 64.6 Å². The third-order valence-electron chi connectivity index (χ3n) is 8.72. The SMILES string of the molecule is CCOC(=O)C1CCN(C(=O)c2cccc([C@H](c3cccc(O)c3)N3C[C@@H](C)N(CC4CC4)C[C@H]3C)c2)CC1. The minimum absolute atomic E-state index is 0.00415. The van der Waals surface area contributed by atoms with Crippen molar-refractivity contribution < 1.29 is 19.4 Å². The molecule has 0 unspecified atom stereocenters. The minimum Gasteiger partial charge on any atom is -0.508 e. The molecule has 2 aromatic rings. The number of hydrogen-bond donors (Lipinski definition) is 1. The largest absolute Gasteiger partial charge is 0.508 e. The maximum Gasteiger partial charge on any atom is 0.309 e. The van der Waals surface area contributed by atoms with Gasteiger partial charge in [-0.25, -0.2) is 0 Å². The van der Waals surface area contributed by atoms with Crippen molar-refractivity contribution >= 4 is 11.9 Å². The molecule has 1 N–H and O–H groups in total. The number of phenolic OH excluding ortho intramolecular Hbond substituents is 1. The lowest BCUT2D eigenvalue weighted by Gasteiger charge is -2.48. The van der Waals surface area contributed by atoms with Crippen LogP contribution in [0.1, 0.15) is 74.0 Å². The Labute approximate surface area is 232 Å². The van der Waals surface area contributed by atoms with E-state index < -0.39 is 0 Å². The number of likely N-dealkylation sites (tertiary alicyclic amines) is 1. The topological polar surface area (TPSA) is 73.3 Å². The third-order valence-corrected chi connectivity index (χ3v) is 8.72. The average Bonchev–Trinajstić information content (AvgIpc) is 3.76. The number of hydrogen-bond acceptors (Lipinski definition) is 6. The van der Waals surface area contributed by atoms with Gasteiger partial charge in [-0.3, -0.25) is 19.4 Å². The average molecular weight is 534 g/mol. The molecule has 0 bridgehead atoms. The first-order valence-corrected chi connectivity index (χ1v) is 14.7. The Kier molecular flexibility index (Phi) is 8.57. The Morgan fingerprint density at radius 1 is 0.949 bits per heavy atom. The molecular weight excluding hydrogens is 490 g/mol. The van der Waals surface area contributed by atoms with Crippen LogP contribution in [0.15, 0.2) is 48.5 Å². The molecule has 3 aliphatic rings. The van der Waals surface area contributed by atoms with Crippen molar-refractivity contribution in [1.29, 1.82) is 0 Å². The summed E-state index contributed by atoms with van der Waals surface area (Å²) in [5, 5.41) is 10.4. The van der Waals surface area contributed by atoms with Gasteiger partial charge >= 0.3 is 5.97 Å². The number of aromatic hydroxyl groups is 1. The van der Waals surface area contributed by atoms with Crippen LogP contribution in [0.5, 0.6) is 5.75 Å². The van der Waals surface area contributed by atoms with E-state index in [9.17, 15) is 14.7 Å². The Morgan fingerprint density at radius 3 is 2.31 bits per heavy atom. The lowest BCUT2D eigenvalue weighted by atomic mass is 9.92. The first kappa shape index (κ1) is 27.7. The molecule has 210 valence electrons. The number of nitrogens with zero attached hydrogens (tertiary/aromatic N) is 3. The number of rotatable bonds is 8. The van der Waals surface area contributed by atoms with E-state index in [1.807, 2.05) is 42.2 Å². The fourth-order valence-electron chi connectivity index (χ4n) is 6.34. The molecule has 0 aromatic heterocycles. The molecular formula is C32H43N3O4. The van der Waals surface area contributed by atoms with Gasteiger partial charge in [-0.05, 0) is 87.8 Å². The van der Waals surface area contributed by atoms with Crippen molar-refractivity contribution in [3.63, 3.8) is 0 Å². The zero-order chi connectivity index (χ0) is 27.5. The molecule has 0 spiro atoms. The molecule has 1 saturated carbocycles. The van der Waals surface area contributed by atoms with Gasteiger partial charge in [0.1, 0.15) is 5.75 Å². The summed E-state index contributed by atoms with van der Waals surface area (Å²) in [5.74, 6) is 0.837. The standard InChI is InChI=1S/C32H43N3O4/c1-4-39-32(38)25-13-15-33(16-14-25)31(37)28-9-5-7-26(17-28)30(27-8-6-10-29(36)18-27)35-20-22(2)34(19-23(35)3)21-24-11-12-24/h5-10,17-18,22-25,30,36H,4,11-16,19-21H2,1-3H3/t22-,23-,30-/m1/s1. The van der Waals surface area contributed by atoms with E-state index >= 15 is 0 Å². The first-order valence-electron chi connectivity index (χ1n) is 14.7. The summed E-state index contributed by atoms with van der Waals surface area (Å²) in [4.78, 5) is 32.7. The van der Waals surface area contributed by atoms with Crippen LogP contribution in [0.2, 0.25) is 0 Å². The highest BCUT2D eigenvalue weighted by Crippen LogP contribution is 2.37. The van der Waals surface area contributed by atoms with Crippen LogP contribution in [0, 0.1) is 11.8 Å². The Bertz CT molecular complexity index is 1160. The zero-order valence-electron chi connectivity index (χ0n) is 23.6. The van der Waals surface area contributed by atoms with E-state index in [1.54, 1.807) is 6.07 Å². The fourth-order valence-corrected chi connectivity index (χ4v) is 6.34. The smallest absolute Gasteiger partial charge is 0.309 e. The molecule has 7 heteroatoms. The summed E-state index contributed by atoms with van der Waals surface area (Å²) in [5.41, 5.74) is 2.76. The fraction of sp³-hybridized carbons (Fsp3) is 0.562. The Balaban J connectivity index is 1.37. The number of benzene rings is 2. The molecule has 0 radical (unpaired) electrons. The molecule has 3 atom stereocenters. The van der Waals surface area contributed by atoms with Crippen LogP contribution in [0.3, 0.4) is 0 Å². The van der Waals surface area contributed by atoms with Crippen molar-refractivity contribution in [2.75, 3.05) is 39.3 Å². The summed E-state index contributed by atoms with van der Waals surface area (Å²) in [7, 11) is 0. The normalized spacial score (nSPS) is 23.9. The summed E-state index contributed by atoms with van der Waals surface area (Å²) >= 11 is 0. The molecule has 5 rings (SSSR count). The van der Waals surface area contributed by atoms with Crippen molar-refractivity contribution in [3.05, 3.63) is 65.2 Å². The van der Waals surface area contributed by atoms with Gasteiger partial charge in [0.15, 0.2) is 0 Å². The molecule has 1 aliphatic carbocycles. The van der Waals surface area contributed by atoms with Gasteiger partial charge in [0.05, 0.1) is 18.6 Å². The molecule has 7 nitrogen and oxygen atoms in total. The van der Waals surface area contributed by atoms with Crippen LogP contribution >= 0.6 is 0 Å². The zero-order valence-corrected chi connectivity index (χ0v) is 23.6. The van der Waals surface area contributed by atoms with Crippen LogP contribution in [-0.4, -0.2) is 83.1 Å². The highest BCUT2D eigenvalue weighted by Gasteiger charge is 2.37. The summed E-state index contributed by atoms with van der Waals surface area (Å²) in [6.45, 7) is 11.1. The molecule has 39 heavy (non-hydrogen) atoms. The maximum atomic E-state index is 13.6. The van der Waals surface area contributed by atoms with E-state index in [4.69, 9.17) is 4.74 Å². The van der Waals surface area contributed by atoms with Gasteiger partial charge in [-0.15, -0.1) is 0 Å². The third kappa shape index (κ3) is 6.47. The lowest BCUT2D eigenvalue weighted by Crippen LogP contribution is -2.57. The second-order valence-corrected chi connectivity index (χ2v) is 11.7. The van der Waals surface area contributed by atoms with Crippen LogP contribution < -0.4 is 0 Å². The van der Waals surface area contributed by atoms with Gasteiger partial charge in [0, 0.05) is 50.4 Å². The van der Waals surface area contributed by atoms with E-state index in [0.29, 0.717) is 50.2 Å². The minimum atomic E-state index is -0.152. The maximum absolute atomic E-state index is 13.6. The van der Waals surface area contributed by atoms with E-state index in [1.165, 1.54) is 19.4 Å². The van der Waals surface area contributed by atoms with Gasteiger partial charge in [-0.1, -0.05) is 24.3 Å². The number of carbonyl (C=O) groups excluding carboxylic acids is 2. The first-order chi connectivity index (χ1) is 18.8. The van der Waals surface area contributed by atoms with E-state index in [-0.39, 0.29) is 29.6 Å². The van der Waals surface area contributed by atoms with Crippen LogP contribution in [0.25, 0.3) is 0 Å². The number of piperidine rings is 1. The van der Waals surface area contributed by atoms with Crippen LogP contribution in [0.4, 0.5) is 0 Å². The monoisotopic (exact) mass is 533 g/mol. The quantitative estimate of drug-likeness (QED) is 0.496. The second-order valence-electron chi connectivity index (χ2n) is 11.7. The molecule has 3 fully saturated rings. The number of amides is 1. The van der Waals surface area contributed by atoms with Gasteiger partial charge < -0.3 is 14.7 Å². The van der Waals surface area contributed by atoms with Gasteiger partial charge in [0.25, 0.3) is 5.91 Å². The summed E-state index contributed by atoms with van der Waals surface area (Å²) in [6.07, 6.45) is 3.98. The number of esters is 1. The van der Waals surface area contributed by atoms with Crippen molar-refractivity contribution in [1.82, 2.24) is 14.7 Å². The Morgan fingerprint density at radius 2 is 1.64 bits per heavy atom. The summed E-state index contributed by atoms with van der Waals surface area (Å²) < 4.78 is 5.19. The molecule has 2 aromatic carbocycles. The number of phenols is 1. The molecule has 2 saturated heterocycles. The van der Waals surface area contributed by atoms with Crippen molar-refractivity contribution in [3.8, 4) is 5.75 Å². The highest BCUT2D eigenvalue weighted by molar-refractivity contribution is 5.94. The van der Waals surface area contributed by atoms with Gasteiger partial charge in [-0.2, -0.15) is 0 Å². The molecule has 2 heterocycles. The van der Waals surface area contributed by atoms with Crippen molar-refractivity contribution in [2.24, 2.45) is 11.8 Å². The number of piperazine rings is 1. The summed E-state index contributed by atoms with van der Waals surface area (Å²) in [6, 6.07) is 16.2. The van der Waals surface area contributed by atoms with E-state index in [0.717, 1.165) is 30.1 Å².